The number of rotatable bonds is 3. The van der Waals surface area contributed by atoms with Gasteiger partial charge in [0.25, 0.3) is 0 Å². The molecule has 0 radical (unpaired) electrons. The number of benzene rings is 1. The Morgan fingerprint density at radius 2 is 2.25 bits per heavy atom. The Bertz CT molecular complexity index is 414. The van der Waals surface area contributed by atoms with Gasteiger partial charge in [-0.25, -0.2) is 0 Å². The van der Waals surface area contributed by atoms with Crippen molar-refractivity contribution in [3.05, 3.63) is 44.9 Å². The van der Waals surface area contributed by atoms with Crippen molar-refractivity contribution >= 4 is 27.5 Å². The van der Waals surface area contributed by atoms with Crippen LogP contribution in [0.15, 0.2) is 34.3 Å². The van der Waals surface area contributed by atoms with Gasteiger partial charge in [0.15, 0.2) is 0 Å². The van der Waals surface area contributed by atoms with E-state index in [-0.39, 0.29) is 6.04 Å². The summed E-state index contributed by atoms with van der Waals surface area (Å²) in [6, 6.07) is 6.28. The highest BCUT2D eigenvalue weighted by Gasteiger charge is 2.19. The van der Waals surface area contributed by atoms with E-state index < -0.39 is 0 Å². The van der Waals surface area contributed by atoms with E-state index in [1.54, 1.807) is 0 Å². The fourth-order valence-corrected chi connectivity index (χ4v) is 2.84. The molecular weight excluding hydrogens is 286 g/mol. The SMILES string of the molecule is CNC(C1=CCCC1)c1cc(Br)ccc1Cl. The summed E-state index contributed by atoms with van der Waals surface area (Å²) in [5, 5.41) is 4.18. The highest BCUT2D eigenvalue weighted by atomic mass is 79.9. The summed E-state index contributed by atoms with van der Waals surface area (Å²) in [5.74, 6) is 0. The number of halogens is 2. The zero-order chi connectivity index (χ0) is 11.5. The van der Waals surface area contributed by atoms with Crippen LogP contribution in [-0.4, -0.2) is 7.05 Å². The molecule has 1 N–H and O–H groups in total. The van der Waals surface area contributed by atoms with Crippen LogP contribution in [0.3, 0.4) is 0 Å². The summed E-state index contributed by atoms with van der Waals surface area (Å²) < 4.78 is 1.07. The van der Waals surface area contributed by atoms with E-state index in [9.17, 15) is 0 Å². The third kappa shape index (κ3) is 2.50. The van der Waals surface area contributed by atoms with Gasteiger partial charge in [-0.3, -0.25) is 0 Å². The van der Waals surface area contributed by atoms with Gasteiger partial charge in [0.05, 0.1) is 6.04 Å². The second-order valence-corrected chi connectivity index (χ2v) is 5.38. The van der Waals surface area contributed by atoms with Crippen LogP contribution < -0.4 is 5.32 Å². The molecule has 86 valence electrons. The number of allylic oxidation sites excluding steroid dienone is 1. The summed E-state index contributed by atoms with van der Waals surface area (Å²) >= 11 is 9.76. The standard InChI is InChI=1S/C13H15BrClN/c1-16-13(9-4-2-3-5-9)11-8-10(14)6-7-12(11)15/h4,6-8,13,16H,2-3,5H2,1H3. The molecule has 1 aromatic carbocycles. The Kier molecular flexibility index (Phi) is 4.06. The lowest BCUT2D eigenvalue weighted by Gasteiger charge is -2.20. The minimum absolute atomic E-state index is 0.257. The molecule has 0 bridgehead atoms. The first-order valence-electron chi connectivity index (χ1n) is 5.53. The van der Waals surface area contributed by atoms with Gasteiger partial charge in [-0.05, 0) is 50.1 Å². The van der Waals surface area contributed by atoms with Gasteiger partial charge in [-0.2, -0.15) is 0 Å². The first kappa shape index (κ1) is 12.2. The summed E-state index contributed by atoms with van der Waals surface area (Å²) in [7, 11) is 1.99. The molecule has 0 saturated heterocycles. The molecule has 1 unspecified atom stereocenters. The molecule has 1 aromatic rings. The van der Waals surface area contributed by atoms with E-state index in [2.05, 4.69) is 33.4 Å². The Morgan fingerprint density at radius 3 is 2.88 bits per heavy atom. The lowest BCUT2D eigenvalue weighted by atomic mass is 9.98. The molecule has 0 amide bonds. The Balaban J connectivity index is 2.35. The molecule has 2 rings (SSSR count). The van der Waals surface area contributed by atoms with E-state index in [0.717, 1.165) is 15.1 Å². The van der Waals surface area contributed by atoms with Crippen LogP contribution in [0, 0.1) is 0 Å². The smallest absolute Gasteiger partial charge is 0.0548 e. The zero-order valence-corrected chi connectivity index (χ0v) is 11.6. The number of likely N-dealkylation sites (N-methyl/N-ethyl adjacent to an activating group) is 1. The van der Waals surface area contributed by atoms with Crippen LogP contribution in [0.25, 0.3) is 0 Å². The Morgan fingerprint density at radius 1 is 1.44 bits per heavy atom. The highest BCUT2D eigenvalue weighted by Crippen LogP contribution is 2.35. The molecule has 16 heavy (non-hydrogen) atoms. The number of hydrogen-bond acceptors (Lipinski definition) is 1. The fraction of sp³-hybridized carbons (Fsp3) is 0.385. The first-order valence-corrected chi connectivity index (χ1v) is 6.70. The van der Waals surface area contributed by atoms with E-state index in [1.165, 1.54) is 24.8 Å². The molecule has 0 aliphatic heterocycles. The topological polar surface area (TPSA) is 12.0 Å². The van der Waals surface area contributed by atoms with Crippen molar-refractivity contribution in [2.75, 3.05) is 7.05 Å². The van der Waals surface area contributed by atoms with Crippen molar-refractivity contribution < 1.29 is 0 Å². The van der Waals surface area contributed by atoms with Crippen LogP contribution in [0.1, 0.15) is 30.9 Å². The van der Waals surface area contributed by atoms with Crippen molar-refractivity contribution in [1.29, 1.82) is 0 Å². The van der Waals surface area contributed by atoms with Crippen molar-refractivity contribution in [2.24, 2.45) is 0 Å². The average molecular weight is 301 g/mol. The van der Waals surface area contributed by atoms with Crippen molar-refractivity contribution in [2.45, 2.75) is 25.3 Å². The van der Waals surface area contributed by atoms with E-state index in [0.29, 0.717) is 0 Å². The van der Waals surface area contributed by atoms with Crippen molar-refractivity contribution in [3.8, 4) is 0 Å². The maximum absolute atomic E-state index is 6.26. The molecule has 0 fully saturated rings. The summed E-state index contributed by atoms with van der Waals surface area (Å²) in [4.78, 5) is 0. The molecule has 0 spiro atoms. The predicted molar refractivity (Wildman–Crippen MR) is 72.9 cm³/mol. The van der Waals surface area contributed by atoms with Crippen LogP contribution in [0.5, 0.6) is 0 Å². The van der Waals surface area contributed by atoms with Crippen LogP contribution in [-0.2, 0) is 0 Å². The molecule has 1 atom stereocenters. The second-order valence-electron chi connectivity index (χ2n) is 4.06. The van der Waals surface area contributed by atoms with Crippen LogP contribution in [0.2, 0.25) is 5.02 Å². The average Bonchev–Trinajstić information content (AvgIpc) is 2.78. The van der Waals surface area contributed by atoms with Gasteiger partial charge < -0.3 is 5.32 Å². The van der Waals surface area contributed by atoms with Gasteiger partial charge in [-0.1, -0.05) is 39.2 Å². The van der Waals surface area contributed by atoms with Gasteiger partial charge in [0.1, 0.15) is 0 Å². The monoisotopic (exact) mass is 299 g/mol. The number of nitrogens with one attached hydrogen (secondary N) is 1. The lowest BCUT2D eigenvalue weighted by Crippen LogP contribution is -2.18. The van der Waals surface area contributed by atoms with E-state index in [4.69, 9.17) is 11.6 Å². The van der Waals surface area contributed by atoms with Crippen molar-refractivity contribution in [1.82, 2.24) is 5.32 Å². The van der Waals surface area contributed by atoms with Gasteiger partial charge in [0, 0.05) is 9.50 Å². The maximum atomic E-state index is 6.26. The predicted octanol–water partition coefficient (Wildman–Crippen LogP) is 4.47. The molecule has 1 aliphatic rings. The largest absolute Gasteiger partial charge is 0.310 e. The first-order chi connectivity index (χ1) is 7.72. The Hall–Kier alpha value is -0.310. The molecular formula is C13H15BrClN. The molecule has 1 nitrogen and oxygen atoms in total. The summed E-state index contributed by atoms with van der Waals surface area (Å²) in [6.45, 7) is 0. The highest BCUT2D eigenvalue weighted by molar-refractivity contribution is 9.10. The molecule has 0 aromatic heterocycles. The zero-order valence-electron chi connectivity index (χ0n) is 9.26. The molecule has 0 saturated carbocycles. The molecule has 0 heterocycles. The normalized spacial score (nSPS) is 17.3. The van der Waals surface area contributed by atoms with E-state index in [1.807, 2.05) is 19.2 Å². The van der Waals surface area contributed by atoms with Crippen LogP contribution >= 0.6 is 27.5 Å². The van der Waals surface area contributed by atoms with Crippen LogP contribution in [0.4, 0.5) is 0 Å². The number of hydrogen-bond donors (Lipinski definition) is 1. The van der Waals surface area contributed by atoms with Gasteiger partial charge in [0.2, 0.25) is 0 Å². The quantitative estimate of drug-likeness (QED) is 0.812. The maximum Gasteiger partial charge on any atom is 0.0548 e. The molecule has 1 aliphatic carbocycles. The Labute approximate surface area is 110 Å². The third-order valence-corrected chi connectivity index (χ3v) is 3.84. The van der Waals surface area contributed by atoms with E-state index >= 15 is 0 Å². The molecule has 3 heteroatoms. The van der Waals surface area contributed by atoms with Crippen molar-refractivity contribution in [3.63, 3.8) is 0 Å². The second kappa shape index (κ2) is 5.35. The summed E-state index contributed by atoms with van der Waals surface area (Å²) in [5.41, 5.74) is 2.62. The van der Waals surface area contributed by atoms with Gasteiger partial charge >= 0.3 is 0 Å². The van der Waals surface area contributed by atoms with Gasteiger partial charge in [-0.15, -0.1) is 0 Å². The lowest BCUT2D eigenvalue weighted by molar-refractivity contribution is 0.656. The minimum Gasteiger partial charge on any atom is -0.310 e. The minimum atomic E-state index is 0.257. The fourth-order valence-electron chi connectivity index (χ4n) is 2.23. The summed E-state index contributed by atoms with van der Waals surface area (Å²) in [6.07, 6.45) is 5.96. The third-order valence-electron chi connectivity index (χ3n) is 3.00.